The number of benzene rings is 2. The van der Waals surface area contributed by atoms with Gasteiger partial charge in [-0.15, -0.1) is 0 Å². The molecular weight excluding hydrogens is 540 g/mol. The fourth-order valence-electron chi connectivity index (χ4n) is 7.52. The molecule has 0 unspecified atom stereocenters. The van der Waals surface area contributed by atoms with Gasteiger partial charge in [0.2, 0.25) is 5.75 Å². The normalized spacial score (nSPS) is 25.0. The van der Waals surface area contributed by atoms with E-state index in [1.807, 2.05) is 12.1 Å². The van der Waals surface area contributed by atoms with Crippen LogP contribution in [-0.2, 0) is 20.7 Å². The van der Waals surface area contributed by atoms with Crippen LogP contribution < -0.4 is 23.7 Å². The van der Waals surface area contributed by atoms with E-state index in [0.29, 0.717) is 35.8 Å². The van der Waals surface area contributed by atoms with Crippen LogP contribution in [0.1, 0.15) is 36.6 Å². The number of rotatable bonds is 7. The fourth-order valence-corrected chi connectivity index (χ4v) is 7.52. The summed E-state index contributed by atoms with van der Waals surface area (Å²) in [5.74, 6) is 1.15. The highest BCUT2D eigenvalue weighted by atomic mass is 16.5. The number of aromatic nitrogens is 1. The van der Waals surface area contributed by atoms with E-state index in [4.69, 9.17) is 28.4 Å². The minimum Gasteiger partial charge on any atom is -0.497 e. The van der Waals surface area contributed by atoms with E-state index < -0.39 is 5.92 Å². The molecule has 0 amide bonds. The van der Waals surface area contributed by atoms with Gasteiger partial charge in [-0.1, -0.05) is 0 Å². The highest BCUT2D eigenvalue weighted by Crippen LogP contribution is 2.51. The molecule has 3 aromatic rings. The number of carbonyl (C=O) groups excluding carboxylic acids is 2. The highest BCUT2D eigenvalue weighted by molar-refractivity contribution is 5.86. The van der Waals surface area contributed by atoms with Crippen LogP contribution in [0.15, 0.2) is 30.3 Å². The van der Waals surface area contributed by atoms with E-state index in [-0.39, 0.29) is 35.7 Å². The summed E-state index contributed by atoms with van der Waals surface area (Å²) >= 11 is 0. The van der Waals surface area contributed by atoms with Gasteiger partial charge in [-0.05, 0) is 55.2 Å². The number of H-pyrrole nitrogens is 1. The number of methoxy groups -OCH3 is 5. The van der Waals surface area contributed by atoms with Gasteiger partial charge in [0.1, 0.15) is 11.5 Å². The van der Waals surface area contributed by atoms with Crippen LogP contribution in [0.5, 0.6) is 28.7 Å². The van der Waals surface area contributed by atoms with Gasteiger partial charge in [0, 0.05) is 47.9 Å². The molecular formula is C32H38N2O8. The van der Waals surface area contributed by atoms with Crippen molar-refractivity contribution in [3.05, 3.63) is 41.6 Å². The molecule has 0 radical (unpaired) electrons. The van der Waals surface area contributed by atoms with Crippen molar-refractivity contribution in [3.63, 3.8) is 0 Å². The Bertz CT molecular complexity index is 1470. The second-order valence-corrected chi connectivity index (χ2v) is 11.4. The maximum atomic E-state index is 13.5. The molecule has 5 atom stereocenters. The van der Waals surface area contributed by atoms with Gasteiger partial charge in [0.05, 0.1) is 53.4 Å². The Hall–Kier alpha value is -3.92. The molecule has 10 heteroatoms. The Morgan fingerprint density at radius 2 is 1.62 bits per heavy atom. The van der Waals surface area contributed by atoms with Crippen LogP contribution in [0.2, 0.25) is 0 Å². The van der Waals surface area contributed by atoms with E-state index >= 15 is 0 Å². The Balaban J connectivity index is 1.24. The highest BCUT2D eigenvalue weighted by Gasteiger charge is 2.50. The standard InChI is InChI=1S/C32H38N2O8/c1-37-19-6-7-21-22-8-9-34-16-18-10-17(31(35)42-20-13-27(38-2)30(40-4)28(14-20)39-3)11-24(32(36)41-5)23(18)15-26(34)29(22)33-25(21)12-19/h6-7,12-14,17-18,23-24,26,33H,8-11,15-16H2,1-5H3/t17-,18-,23+,24-,26-/m1/s1. The van der Waals surface area contributed by atoms with E-state index in [1.165, 1.54) is 45.1 Å². The van der Waals surface area contributed by atoms with Gasteiger partial charge in [-0.25, -0.2) is 0 Å². The largest absolute Gasteiger partial charge is 0.497 e. The number of hydrogen-bond acceptors (Lipinski definition) is 9. The lowest BCUT2D eigenvalue weighted by molar-refractivity contribution is -0.157. The molecule has 3 heterocycles. The summed E-state index contributed by atoms with van der Waals surface area (Å²) in [7, 11) is 7.64. The monoisotopic (exact) mass is 578 g/mol. The number of ether oxygens (including phenoxy) is 6. The molecule has 2 aliphatic heterocycles. The molecule has 1 saturated heterocycles. The molecule has 6 rings (SSSR count). The summed E-state index contributed by atoms with van der Waals surface area (Å²) in [4.78, 5) is 32.9. The van der Waals surface area contributed by atoms with Crippen LogP contribution in [0.4, 0.5) is 0 Å². The van der Waals surface area contributed by atoms with E-state index in [2.05, 4.69) is 16.0 Å². The Morgan fingerprint density at radius 1 is 0.857 bits per heavy atom. The molecule has 224 valence electrons. The molecule has 42 heavy (non-hydrogen) atoms. The zero-order valence-electron chi connectivity index (χ0n) is 24.7. The van der Waals surface area contributed by atoms with Gasteiger partial charge >= 0.3 is 11.9 Å². The van der Waals surface area contributed by atoms with Crippen molar-refractivity contribution in [1.29, 1.82) is 0 Å². The second kappa shape index (κ2) is 11.4. The maximum absolute atomic E-state index is 13.5. The van der Waals surface area contributed by atoms with Crippen molar-refractivity contribution < 1.29 is 38.0 Å². The van der Waals surface area contributed by atoms with Crippen LogP contribution in [0.25, 0.3) is 10.9 Å². The average molecular weight is 579 g/mol. The SMILES string of the molecule is COC(=O)[C@@H]1C[C@H](C(=O)Oc2cc(OC)c(OC)c(OC)c2)C[C@@H]2CN3CCc4c([nH]c5cc(OC)ccc45)[C@H]3C[C@@H]21. The summed E-state index contributed by atoms with van der Waals surface area (Å²) in [5.41, 5.74) is 3.66. The van der Waals surface area contributed by atoms with Crippen molar-refractivity contribution in [3.8, 4) is 28.7 Å². The van der Waals surface area contributed by atoms with Crippen molar-refractivity contribution in [2.45, 2.75) is 31.7 Å². The molecule has 10 nitrogen and oxygen atoms in total. The maximum Gasteiger partial charge on any atom is 0.314 e. The molecule has 0 bridgehead atoms. The fraction of sp³-hybridized carbons (Fsp3) is 0.500. The van der Waals surface area contributed by atoms with Gasteiger partial charge in [-0.2, -0.15) is 0 Å². The third-order valence-electron chi connectivity index (χ3n) is 9.48. The van der Waals surface area contributed by atoms with Gasteiger partial charge in [0.15, 0.2) is 11.5 Å². The number of aromatic amines is 1. The topological polar surface area (TPSA) is 109 Å². The first-order valence-corrected chi connectivity index (χ1v) is 14.4. The van der Waals surface area contributed by atoms with E-state index in [1.54, 1.807) is 19.2 Å². The molecule has 0 spiro atoms. The van der Waals surface area contributed by atoms with Gasteiger partial charge < -0.3 is 33.4 Å². The first-order chi connectivity index (χ1) is 20.4. The van der Waals surface area contributed by atoms with Crippen LogP contribution in [-0.4, -0.2) is 70.5 Å². The average Bonchev–Trinajstić information content (AvgIpc) is 3.40. The second-order valence-electron chi connectivity index (χ2n) is 11.4. The predicted molar refractivity (Wildman–Crippen MR) is 154 cm³/mol. The van der Waals surface area contributed by atoms with Crippen molar-refractivity contribution in [2.75, 3.05) is 48.6 Å². The quantitative estimate of drug-likeness (QED) is 0.319. The minimum absolute atomic E-state index is 0.107. The number of hydrogen-bond donors (Lipinski definition) is 1. The lowest BCUT2D eigenvalue weighted by Gasteiger charge is -2.51. The molecule has 1 aromatic heterocycles. The predicted octanol–water partition coefficient (Wildman–Crippen LogP) is 4.54. The Labute approximate surface area is 245 Å². The first kappa shape index (κ1) is 28.2. The van der Waals surface area contributed by atoms with E-state index in [9.17, 15) is 9.59 Å². The van der Waals surface area contributed by atoms with Gasteiger partial charge in [-0.3, -0.25) is 14.5 Å². The van der Waals surface area contributed by atoms with Crippen LogP contribution in [0, 0.1) is 23.7 Å². The third-order valence-corrected chi connectivity index (χ3v) is 9.48. The summed E-state index contributed by atoms with van der Waals surface area (Å²) in [5, 5.41) is 1.23. The van der Waals surface area contributed by atoms with Crippen molar-refractivity contribution in [2.24, 2.45) is 23.7 Å². The molecule has 3 aliphatic rings. The zero-order valence-corrected chi connectivity index (χ0v) is 24.7. The Kier molecular flexibility index (Phi) is 7.66. The lowest BCUT2D eigenvalue weighted by atomic mass is 9.63. The van der Waals surface area contributed by atoms with Crippen molar-refractivity contribution in [1.82, 2.24) is 9.88 Å². The molecule has 1 saturated carbocycles. The minimum atomic E-state index is -0.438. The number of esters is 2. The molecule has 1 aliphatic carbocycles. The number of carbonyl (C=O) groups is 2. The number of nitrogens with zero attached hydrogens (tertiary/aromatic N) is 1. The third kappa shape index (κ3) is 4.81. The summed E-state index contributed by atoms with van der Waals surface area (Å²) < 4.78 is 32.8. The van der Waals surface area contributed by atoms with Crippen LogP contribution in [0.3, 0.4) is 0 Å². The van der Waals surface area contributed by atoms with Crippen LogP contribution >= 0.6 is 0 Å². The summed E-state index contributed by atoms with van der Waals surface area (Å²) in [6, 6.07) is 9.58. The Morgan fingerprint density at radius 3 is 2.29 bits per heavy atom. The first-order valence-electron chi connectivity index (χ1n) is 14.4. The number of nitrogens with one attached hydrogen (secondary N) is 1. The zero-order chi connectivity index (χ0) is 29.5. The molecule has 2 fully saturated rings. The number of fused-ring (bicyclic) bond motifs is 6. The molecule has 2 aromatic carbocycles. The smallest absolute Gasteiger partial charge is 0.314 e. The summed E-state index contributed by atoms with van der Waals surface area (Å²) in [6.07, 6.45) is 2.82. The number of piperidine rings is 1. The lowest BCUT2D eigenvalue weighted by Crippen LogP contribution is -2.52. The summed E-state index contributed by atoms with van der Waals surface area (Å²) in [6.45, 7) is 1.75. The van der Waals surface area contributed by atoms with Crippen molar-refractivity contribution >= 4 is 22.8 Å². The molecule has 1 N–H and O–H groups in total. The van der Waals surface area contributed by atoms with E-state index in [0.717, 1.165) is 37.2 Å². The van der Waals surface area contributed by atoms with Gasteiger partial charge in [0.25, 0.3) is 0 Å².